The van der Waals surface area contributed by atoms with E-state index in [-0.39, 0.29) is 11.8 Å². The van der Waals surface area contributed by atoms with Crippen LogP contribution in [0.3, 0.4) is 0 Å². The largest absolute Gasteiger partial charge is 0.323 e. The van der Waals surface area contributed by atoms with Crippen molar-refractivity contribution in [2.24, 2.45) is 13.0 Å². The molecule has 1 heterocycles. The lowest BCUT2D eigenvalue weighted by Gasteiger charge is -2.20. The van der Waals surface area contributed by atoms with E-state index in [0.29, 0.717) is 0 Å². The van der Waals surface area contributed by atoms with E-state index in [4.69, 9.17) is 0 Å². The van der Waals surface area contributed by atoms with Crippen molar-refractivity contribution in [2.75, 3.05) is 5.32 Å². The first kappa shape index (κ1) is 11.2. The van der Waals surface area contributed by atoms with Gasteiger partial charge in [-0.15, -0.1) is 0 Å². The number of amides is 1. The molecule has 88 valence electrons. The summed E-state index contributed by atoms with van der Waals surface area (Å²) >= 11 is 0. The second kappa shape index (κ2) is 4.68. The van der Waals surface area contributed by atoms with E-state index in [0.717, 1.165) is 24.2 Å². The van der Waals surface area contributed by atoms with Gasteiger partial charge in [0.2, 0.25) is 5.91 Å². The summed E-state index contributed by atoms with van der Waals surface area (Å²) in [6.07, 6.45) is 7.43. The summed E-state index contributed by atoms with van der Waals surface area (Å²) in [6.45, 7) is 1.96. The van der Waals surface area contributed by atoms with Crippen molar-refractivity contribution in [1.82, 2.24) is 9.78 Å². The highest BCUT2D eigenvalue weighted by atomic mass is 16.1. The molecule has 4 nitrogen and oxygen atoms in total. The Morgan fingerprint density at radius 2 is 2.12 bits per heavy atom. The van der Waals surface area contributed by atoms with Gasteiger partial charge in [0.15, 0.2) is 0 Å². The van der Waals surface area contributed by atoms with Crippen molar-refractivity contribution in [3.8, 4) is 0 Å². The third-order valence-corrected chi connectivity index (χ3v) is 3.47. The van der Waals surface area contributed by atoms with E-state index in [1.165, 1.54) is 19.3 Å². The van der Waals surface area contributed by atoms with Crippen LogP contribution in [0.4, 0.5) is 5.69 Å². The molecule has 1 aliphatic carbocycles. The molecule has 1 amide bonds. The number of rotatable bonds is 2. The van der Waals surface area contributed by atoms with Gasteiger partial charge in [-0.2, -0.15) is 5.10 Å². The van der Waals surface area contributed by atoms with Crippen LogP contribution < -0.4 is 5.32 Å². The summed E-state index contributed by atoms with van der Waals surface area (Å²) in [7, 11) is 1.88. The monoisotopic (exact) mass is 221 g/mol. The quantitative estimate of drug-likeness (QED) is 0.832. The van der Waals surface area contributed by atoms with Crippen LogP contribution in [-0.4, -0.2) is 15.7 Å². The molecule has 0 saturated heterocycles. The van der Waals surface area contributed by atoms with Gasteiger partial charge < -0.3 is 5.32 Å². The van der Waals surface area contributed by atoms with Gasteiger partial charge in [-0.05, 0) is 19.8 Å². The maximum Gasteiger partial charge on any atom is 0.227 e. The molecule has 1 fully saturated rings. The molecule has 0 aromatic carbocycles. The topological polar surface area (TPSA) is 46.9 Å². The summed E-state index contributed by atoms with van der Waals surface area (Å²) < 4.78 is 1.77. The highest BCUT2D eigenvalue weighted by Gasteiger charge is 2.21. The number of hydrogen-bond acceptors (Lipinski definition) is 2. The summed E-state index contributed by atoms with van der Waals surface area (Å²) in [5.41, 5.74) is 1.85. The predicted octanol–water partition coefficient (Wildman–Crippen LogP) is 2.25. The number of nitrogens with one attached hydrogen (secondary N) is 1. The molecule has 0 aliphatic heterocycles. The molecule has 0 unspecified atom stereocenters. The van der Waals surface area contributed by atoms with Crippen molar-refractivity contribution in [1.29, 1.82) is 0 Å². The maximum atomic E-state index is 12.0. The van der Waals surface area contributed by atoms with Crippen LogP contribution in [0.15, 0.2) is 6.20 Å². The van der Waals surface area contributed by atoms with Crippen molar-refractivity contribution >= 4 is 11.6 Å². The van der Waals surface area contributed by atoms with E-state index in [9.17, 15) is 4.79 Å². The average molecular weight is 221 g/mol. The average Bonchev–Trinajstić information content (AvgIpc) is 2.62. The Morgan fingerprint density at radius 1 is 1.44 bits per heavy atom. The molecule has 1 saturated carbocycles. The molecule has 0 spiro atoms. The van der Waals surface area contributed by atoms with Crippen LogP contribution in [0.2, 0.25) is 0 Å². The minimum atomic E-state index is 0.163. The van der Waals surface area contributed by atoms with Crippen LogP contribution in [0.25, 0.3) is 0 Å². The fourth-order valence-electron chi connectivity index (χ4n) is 2.22. The smallest absolute Gasteiger partial charge is 0.227 e. The van der Waals surface area contributed by atoms with Gasteiger partial charge >= 0.3 is 0 Å². The molecule has 0 atom stereocenters. The Hall–Kier alpha value is -1.32. The summed E-state index contributed by atoms with van der Waals surface area (Å²) in [6, 6.07) is 0. The molecule has 1 N–H and O–H groups in total. The zero-order valence-electron chi connectivity index (χ0n) is 9.99. The number of carbonyl (C=O) groups excluding carboxylic acids is 1. The molecule has 1 aromatic heterocycles. The van der Waals surface area contributed by atoms with Gasteiger partial charge in [0, 0.05) is 13.0 Å². The maximum absolute atomic E-state index is 12.0. The molecule has 16 heavy (non-hydrogen) atoms. The Morgan fingerprint density at radius 3 is 2.69 bits per heavy atom. The molecule has 2 rings (SSSR count). The standard InChI is InChI=1S/C12H19N3O/c1-9-11(8-13-15(9)2)14-12(16)10-6-4-3-5-7-10/h8,10H,3-7H2,1-2H3,(H,14,16). The lowest BCUT2D eigenvalue weighted by molar-refractivity contribution is -0.120. The van der Waals surface area contributed by atoms with Gasteiger partial charge in [0.25, 0.3) is 0 Å². The Balaban J connectivity index is 1.98. The second-order valence-corrected chi connectivity index (χ2v) is 4.59. The van der Waals surface area contributed by atoms with E-state index in [1.54, 1.807) is 10.9 Å². The highest BCUT2D eigenvalue weighted by Crippen LogP contribution is 2.25. The second-order valence-electron chi connectivity index (χ2n) is 4.59. The fraction of sp³-hybridized carbons (Fsp3) is 0.667. The number of aromatic nitrogens is 2. The molecular formula is C12H19N3O. The Labute approximate surface area is 96.0 Å². The van der Waals surface area contributed by atoms with Crippen molar-refractivity contribution < 1.29 is 4.79 Å². The molecular weight excluding hydrogens is 202 g/mol. The molecule has 1 aliphatic rings. The zero-order valence-corrected chi connectivity index (χ0v) is 9.99. The van der Waals surface area contributed by atoms with E-state index in [2.05, 4.69) is 10.4 Å². The summed E-state index contributed by atoms with van der Waals surface area (Å²) in [4.78, 5) is 12.0. The van der Waals surface area contributed by atoms with Crippen molar-refractivity contribution in [3.63, 3.8) is 0 Å². The lowest BCUT2D eigenvalue weighted by atomic mass is 9.88. The first-order valence-electron chi connectivity index (χ1n) is 5.98. The van der Waals surface area contributed by atoms with Gasteiger partial charge in [0.05, 0.1) is 17.6 Å². The number of carbonyl (C=O) groups is 1. The van der Waals surface area contributed by atoms with Crippen LogP contribution in [0.1, 0.15) is 37.8 Å². The van der Waals surface area contributed by atoms with Crippen LogP contribution in [0, 0.1) is 12.8 Å². The van der Waals surface area contributed by atoms with Crippen LogP contribution in [-0.2, 0) is 11.8 Å². The van der Waals surface area contributed by atoms with Crippen LogP contribution >= 0.6 is 0 Å². The first-order valence-corrected chi connectivity index (χ1v) is 5.98. The third-order valence-electron chi connectivity index (χ3n) is 3.47. The first-order chi connectivity index (χ1) is 7.68. The molecule has 0 bridgehead atoms. The molecule has 1 aromatic rings. The lowest BCUT2D eigenvalue weighted by Crippen LogP contribution is -2.24. The van der Waals surface area contributed by atoms with E-state index < -0.39 is 0 Å². The number of anilines is 1. The number of aryl methyl sites for hydroxylation is 1. The van der Waals surface area contributed by atoms with Crippen LogP contribution in [0.5, 0.6) is 0 Å². The SMILES string of the molecule is Cc1c(NC(=O)C2CCCCC2)cnn1C. The normalized spacial score (nSPS) is 17.4. The predicted molar refractivity (Wildman–Crippen MR) is 63.1 cm³/mol. The number of hydrogen-bond donors (Lipinski definition) is 1. The molecule has 0 radical (unpaired) electrons. The van der Waals surface area contributed by atoms with Gasteiger partial charge in [0.1, 0.15) is 0 Å². The van der Waals surface area contributed by atoms with Gasteiger partial charge in [-0.25, -0.2) is 0 Å². The molecule has 4 heteroatoms. The van der Waals surface area contributed by atoms with Gasteiger partial charge in [-0.1, -0.05) is 19.3 Å². The van der Waals surface area contributed by atoms with Crippen molar-refractivity contribution in [2.45, 2.75) is 39.0 Å². The number of nitrogens with zero attached hydrogens (tertiary/aromatic N) is 2. The van der Waals surface area contributed by atoms with Crippen molar-refractivity contribution in [3.05, 3.63) is 11.9 Å². The van der Waals surface area contributed by atoms with Gasteiger partial charge in [-0.3, -0.25) is 9.48 Å². The highest BCUT2D eigenvalue weighted by molar-refractivity contribution is 5.92. The third kappa shape index (κ3) is 2.26. The van der Waals surface area contributed by atoms with E-state index in [1.807, 2.05) is 14.0 Å². The minimum absolute atomic E-state index is 0.163. The summed E-state index contributed by atoms with van der Waals surface area (Å²) in [5.74, 6) is 0.365. The van der Waals surface area contributed by atoms with E-state index >= 15 is 0 Å². The Kier molecular flexibility index (Phi) is 3.27. The zero-order chi connectivity index (χ0) is 11.5. The Bertz CT molecular complexity index is 378. The summed E-state index contributed by atoms with van der Waals surface area (Å²) in [5, 5.41) is 7.09. The minimum Gasteiger partial charge on any atom is -0.323 e. The fourth-order valence-corrected chi connectivity index (χ4v) is 2.22.